The zero-order valence-corrected chi connectivity index (χ0v) is 20.1. The number of carbonyl (C=O) groups is 1. The second kappa shape index (κ2) is 9.98. The summed E-state index contributed by atoms with van der Waals surface area (Å²) >= 11 is 1.74. The van der Waals surface area contributed by atoms with Crippen LogP contribution < -0.4 is 10.1 Å². The number of nitrogens with zero attached hydrogens (tertiary/aromatic N) is 2. The number of amides is 1. The summed E-state index contributed by atoms with van der Waals surface area (Å²) in [5.41, 5.74) is 3.11. The van der Waals surface area contributed by atoms with Gasteiger partial charge in [-0.2, -0.15) is 16.1 Å². The van der Waals surface area contributed by atoms with Crippen LogP contribution in [-0.2, 0) is 16.6 Å². The van der Waals surface area contributed by atoms with Gasteiger partial charge in [0, 0.05) is 49.6 Å². The molecule has 3 aromatic rings. The van der Waals surface area contributed by atoms with E-state index in [1.54, 1.807) is 24.0 Å². The van der Waals surface area contributed by atoms with Gasteiger partial charge in [0.05, 0.1) is 0 Å². The molecule has 1 aliphatic heterocycles. The monoisotopic (exact) mass is 486 g/mol. The Kier molecular flexibility index (Phi) is 7.06. The van der Waals surface area contributed by atoms with E-state index in [0.29, 0.717) is 19.0 Å². The molecule has 0 radical (unpaired) electrons. The van der Waals surface area contributed by atoms with Gasteiger partial charge in [-0.05, 0) is 42.7 Å². The maximum atomic E-state index is 12.7. The predicted octanol–water partition coefficient (Wildman–Crippen LogP) is 3.49. The standard InChI is InChI=1S/C23H26N4O4S2/c1-16-3-4-17(2)21(11-16)31-22-6-5-18(13-25-22)14-26-23(28)20-12-19(15-24-20)33(29,30)27-7-9-32-10-8-27/h3-6,11-13,15,24H,7-10,14H2,1-2H3,(H,26,28). The van der Waals surface area contributed by atoms with Crippen molar-refractivity contribution in [2.75, 3.05) is 24.6 Å². The van der Waals surface area contributed by atoms with Crippen LogP contribution in [0.5, 0.6) is 11.6 Å². The van der Waals surface area contributed by atoms with Gasteiger partial charge in [0.25, 0.3) is 5.91 Å². The minimum atomic E-state index is -3.59. The lowest BCUT2D eigenvalue weighted by atomic mass is 10.1. The van der Waals surface area contributed by atoms with Crippen LogP contribution >= 0.6 is 11.8 Å². The number of nitrogens with one attached hydrogen (secondary N) is 2. The van der Waals surface area contributed by atoms with Crippen molar-refractivity contribution < 1.29 is 17.9 Å². The lowest BCUT2D eigenvalue weighted by Crippen LogP contribution is -2.37. The van der Waals surface area contributed by atoms with Crippen LogP contribution in [0.15, 0.2) is 53.7 Å². The lowest BCUT2D eigenvalue weighted by molar-refractivity contribution is 0.0946. The molecule has 0 aliphatic carbocycles. The summed E-state index contributed by atoms with van der Waals surface area (Å²) in [6, 6.07) is 10.9. The number of aromatic amines is 1. The fraction of sp³-hybridized carbons (Fsp3) is 0.304. The van der Waals surface area contributed by atoms with Crippen LogP contribution in [0.2, 0.25) is 0 Å². The third kappa shape index (κ3) is 5.58. The molecule has 0 atom stereocenters. The van der Waals surface area contributed by atoms with Crippen molar-refractivity contribution in [2.45, 2.75) is 25.3 Å². The van der Waals surface area contributed by atoms with Crippen molar-refractivity contribution in [2.24, 2.45) is 0 Å². The molecular formula is C23H26N4O4S2. The number of hydrogen-bond donors (Lipinski definition) is 2. The predicted molar refractivity (Wildman–Crippen MR) is 128 cm³/mol. The highest BCUT2D eigenvalue weighted by Gasteiger charge is 2.27. The largest absolute Gasteiger partial charge is 0.439 e. The summed E-state index contributed by atoms with van der Waals surface area (Å²) in [7, 11) is -3.59. The highest BCUT2D eigenvalue weighted by molar-refractivity contribution is 7.99. The van der Waals surface area contributed by atoms with Crippen LogP contribution in [0.1, 0.15) is 27.2 Å². The molecule has 0 spiro atoms. The Morgan fingerprint density at radius 1 is 1.18 bits per heavy atom. The molecule has 1 aliphatic rings. The molecule has 3 heterocycles. The van der Waals surface area contributed by atoms with Crippen molar-refractivity contribution in [3.63, 3.8) is 0 Å². The minimum absolute atomic E-state index is 0.106. The highest BCUT2D eigenvalue weighted by Crippen LogP contribution is 2.25. The molecule has 0 bridgehead atoms. The summed E-state index contributed by atoms with van der Waals surface area (Å²) < 4.78 is 32.8. The molecule has 1 aromatic carbocycles. The quantitative estimate of drug-likeness (QED) is 0.530. The van der Waals surface area contributed by atoms with Gasteiger partial charge in [-0.1, -0.05) is 18.2 Å². The zero-order valence-electron chi connectivity index (χ0n) is 18.5. The number of carbonyl (C=O) groups excluding carboxylic acids is 1. The first-order valence-corrected chi connectivity index (χ1v) is 13.2. The molecule has 174 valence electrons. The molecule has 2 N–H and O–H groups in total. The van der Waals surface area contributed by atoms with E-state index >= 15 is 0 Å². The second-order valence-corrected chi connectivity index (χ2v) is 11.0. The number of H-pyrrole nitrogens is 1. The van der Waals surface area contributed by atoms with Crippen LogP contribution in [0.4, 0.5) is 0 Å². The van der Waals surface area contributed by atoms with E-state index in [1.807, 2.05) is 38.1 Å². The average molecular weight is 487 g/mol. The van der Waals surface area contributed by atoms with Crippen molar-refractivity contribution in [3.05, 3.63) is 71.2 Å². The number of pyridine rings is 1. The molecule has 10 heteroatoms. The Hall–Kier alpha value is -2.82. The maximum Gasteiger partial charge on any atom is 0.268 e. The number of thioether (sulfide) groups is 1. The van der Waals surface area contributed by atoms with Crippen molar-refractivity contribution in [1.29, 1.82) is 0 Å². The molecule has 1 fully saturated rings. The van der Waals surface area contributed by atoms with Crippen molar-refractivity contribution in [3.8, 4) is 11.6 Å². The van der Waals surface area contributed by atoms with Gasteiger partial charge in [0.2, 0.25) is 15.9 Å². The average Bonchev–Trinajstić information content (AvgIpc) is 3.33. The Morgan fingerprint density at radius 3 is 2.70 bits per heavy atom. The number of aromatic nitrogens is 2. The third-order valence-electron chi connectivity index (χ3n) is 5.32. The SMILES string of the molecule is Cc1ccc(C)c(Oc2ccc(CNC(=O)c3cc(S(=O)(=O)N4CCSCC4)c[nH]3)cn2)c1. The summed E-state index contributed by atoms with van der Waals surface area (Å²) in [5, 5.41) is 2.78. The summed E-state index contributed by atoms with van der Waals surface area (Å²) in [6.07, 6.45) is 3.01. The Balaban J connectivity index is 1.35. The molecule has 1 saturated heterocycles. The van der Waals surface area contributed by atoms with Crippen LogP contribution in [0, 0.1) is 13.8 Å². The number of aryl methyl sites for hydroxylation is 2. The number of hydrogen-bond acceptors (Lipinski definition) is 6. The van der Waals surface area contributed by atoms with Gasteiger partial charge in [0.1, 0.15) is 16.3 Å². The fourth-order valence-corrected chi connectivity index (χ4v) is 5.94. The molecule has 8 nitrogen and oxygen atoms in total. The fourth-order valence-electron chi connectivity index (χ4n) is 3.37. The van der Waals surface area contributed by atoms with E-state index in [9.17, 15) is 13.2 Å². The first kappa shape index (κ1) is 23.3. The highest BCUT2D eigenvalue weighted by atomic mass is 32.2. The van der Waals surface area contributed by atoms with E-state index in [1.165, 1.54) is 16.6 Å². The van der Waals surface area contributed by atoms with E-state index in [0.717, 1.165) is 33.9 Å². The lowest BCUT2D eigenvalue weighted by Gasteiger charge is -2.24. The normalized spacial score (nSPS) is 14.7. The topological polar surface area (TPSA) is 104 Å². The number of rotatable bonds is 7. The smallest absolute Gasteiger partial charge is 0.268 e. The Labute approximate surface area is 197 Å². The van der Waals surface area contributed by atoms with E-state index < -0.39 is 10.0 Å². The number of benzene rings is 1. The van der Waals surface area contributed by atoms with E-state index in [2.05, 4.69) is 15.3 Å². The minimum Gasteiger partial charge on any atom is -0.439 e. The first-order valence-electron chi connectivity index (χ1n) is 10.6. The Bertz CT molecular complexity index is 1230. The van der Waals surface area contributed by atoms with Gasteiger partial charge in [-0.15, -0.1) is 0 Å². The molecule has 4 rings (SSSR count). The molecule has 2 aromatic heterocycles. The van der Waals surface area contributed by atoms with Crippen molar-refractivity contribution in [1.82, 2.24) is 19.6 Å². The zero-order chi connectivity index (χ0) is 23.4. The van der Waals surface area contributed by atoms with Crippen LogP contribution in [0.3, 0.4) is 0 Å². The van der Waals surface area contributed by atoms with Gasteiger partial charge in [-0.25, -0.2) is 13.4 Å². The van der Waals surface area contributed by atoms with E-state index in [4.69, 9.17) is 4.74 Å². The molecule has 0 unspecified atom stereocenters. The van der Waals surface area contributed by atoms with Gasteiger partial charge < -0.3 is 15.0 Å². The van der Waals surface area contributed by atoms with Gasteiger partial charge in [0.15, 0.2) is 0 Å². The number of sulfonamides is 1. The summed E-state index contributed by atoms with van der Waals surface area (Å²) in [4.78, 5) is 19.7. The molecule has 1 amide bonds. The molecule has 0 saturated carbocycles. The van der Waals surface area contributed by atoms with Crippen LogP contribution in [-0.4, -0.2) is 53.2 Å². The number of ether oxygens (including phenoxy) is 1. The Morgan fingerprint density at radius 2 is 1.97 bits per heavy atom. The molecular weight excluding hydrogens is 460 g/mol. The van der Waals surface area contributed by atoms with Crippen molar-refractivity contribution >= 4 is 27.7 Å². The molecule has 33 heavy (non-hydrogen) atoms. The summed E-state index contributed by atoms with van der Waals surface area (Å²) in [6.45, 7) is 5.19. The van der Waals surface area contributed by atoms with Crippen LogP contribution in [0.25, 0.3) is 0 Å². The van der Waals surface area contributed by atoms with Gasteiger partial charge >= 0.3 is 0 Å². The second-order valence-electron chi connectivity index (χ2n) is 7.82. The third-order valence-corrected chi connectivity index (χ3v) is 8.14. The summed E-state index contributed by atoms with van der Waals surface area (Å²) in [5.74, 6) is 2.39. The first-order chi connectivity index (χ1) is 15.8. The van der Waals surface area contributed by atoms with Gasteiger partial charge in [-0.3, -0.25) is 4.79 Å². The van der Waals surface area contributed by atoms with E-state index in [-0.39, 0.29) is 23.0 Å². The maximum absolute atomic E-state index is 12.7.